The number of hydrogen-bond donors (Lipinski definition) is 1. The molecule has 1 fully saturated rings. The van der Waals surface area contributed by atoms with Crippen LogP contribution >= 0.6 is 12.2 Å². The van der Waals surface area contributed by atoms with Gasteiger partial charge in [0.25, 0.3) is 0 Å². The Balaban J connectivity index is 1.68. The third kappa shape index (κ3) is 3.71. The van der Waals surface area contributed by atoms with Crippen LogP contribution in [-0.2, 0) is 6.54 Å². The highest BCUT2D eigenvalue weighted by molar-refractivity contribution is 7.80. The van der Waals surface area contributed by atoms with Crippen LogP contribution in [-0.4, -0.2) is 39.3 Å². The Bertz CT molecular complexity index is 735. The third-order valence-corrected chi connectivity index (χ3v) is 4.63. The first-order chi connectivity index (χ1) is 11.5. The second kappa shape index (κ2) is 7.23. The van der Waals surface area contributed by atoms with Crippen molar-refractivity contribution in [3.05, 3.63) is 52.7 Å². The third-order valence-electron chi connectivity index (χ3n) is 4.43. The fraction of sp³-hybridized carbons (Fsp3) is 0.389. The van der Waals surface area contributed by atoms with Crippen LogP contribution in [0.1, 0.15) is 28.8 Å². The lowest BCUT2D eigenvalue weighted by molar-refractivity contribution is 0.189. The molecule has 2 heterocycles. The lowest BCUT2D eigenvalue weighted by Crippen LogP contribution is -2.26. The van der Waals surface area contributed by atoms with E-state index in [2.05, 4.69) is 39.4 Å². The van der Waals surface area contributed by atoms with Crippen LogP contribution in [0.3, 0.4) is 0 Å². The van der Waals surface area contributed by atoms with Gasteiger partial charge in [-0.05, 0) is 31.4 Å². The van der Waals surface area contributed by atoms with Crippen molar-refractivity contribution in [2.24, 2.45) is 5.73 Å². The van der Waals surface area contributed by atoms with Gasteiger partial charge in [0.15, 0.2) is 0 Å². The van der Waals surface area contributed by atoms with Crippen molar-refractivity contribution in [1.29, 1.82) is 0 Å². The molecule has 2 N–H and O–H groups in total. The van der Waals surface area contributed by atoms with Gasteiger partial charge in [-0.3, -0.25) is 4.90 Å². The Labute approximate surface area is 147 Å². The SMILES string of the molecule is Cc1nnc(OC2CCN(Cc3ccccc3)C2)c(C(N)=S)c1C. The summed E-state index contributed by atoms with van der Waals surface area (Å²) >= 11 is 5.17. The average molecular weight is 342 g/mol. The van der Waals surface area contributed by atoms with E-state index in [-0.39, 0.29) is 6.10 Å². The lowest BCUT2D eigenvalue weighted by atomic mass is 10.1. The van der Waals surface area contributed by atoms with Gasteiger partial charge in [-0.25, -0.2) is 0 Å². The Morgan fingerprint density at radius 2 is 2.04 bits per heavy atom. The van der Waals surface area contributed by atoms with Crippen LogP contribution in [0.5, 0.6) is 5.88 Å². The van der Waals surface area contributed by atoms with Crippen molar-refractivity contribution < 1.29 is 4.74 Å². The quantitative estimate of drug-likeness (QED) is 0.842. The van der Waals surface area contributed by atoms with E-state index in [1.165, 1.54) is 5.56 Å². The maximum Gasteiger partial charge on any atom is 0.244 e. The predicted octanol–water partition coefficient (Wildman–Crippen LogP) is 2.38. The second-order valence-electron chi connectivity index (χ2n) is 6.20. The second-order valence-corrected chi connectivity index (χ2v) is 6.64. The molecule has 5 nitrogen and oxygen atoms in total. The molecule has 126 valence electrons. The number of ether oxygens (including phenoxy) is 1. The number of nitrogens with two attached hydrogens (primary N) is 1. The molecule has 24 heavy (non-hydrogen) atoms. The first kappa shape index (κ1) is 16.8. The van der Waals surface area contributed by atoms with E-state index in [0.29, 0.717) is 16.4 Å². The van der Waals surface area contributed by atoms with Gasteiger partial charge >= 0.3 is 0 Å². The molecule has 3 rings (SSSR count). The minimum Gasteiger partial charge on any atom is -0.471 e. The van der Waals surface area contributed by atoms with Gasteiger partial charge in [-0.1, -0.05) is 42.5 Å². The van der Waals surface area contributed by atoms with E-state index >= 15 is 0 Å². The molecule has 0 aliphatic carbocycles. The summed E-state index contributed by atoms with van der Waals surface area (Å²) in [5.41, 5.74) is 9.64. The monoisotopic (exact) mass is 342 g/mol. The molecule has 1 saturated heterocycles. The molecule has 0 amide bonds. The summed E-state index contributed by atoms with van der Waals surface area (Å²) in [4.78, 5) is 2.69. The normalized spacial score (nSPS) is 17.8. The molecule has 1 atom stereocenters. The maximum atomic E-state index is 6.09. The fourth-order valence-corrected chi connectivity index (χ4v) is 3.24. The summed E-state index contributed by atoms with van der Waals surface area (Å²) in [6.45, 7) is 6.63. The van der Waals surface area contributed by atoms with Gasteiger partial charge in [-0.15, -0.1) is 5.10 Å². The highest BCUT2D eigenvalue weighted by atomic mass is 32.1. The highest BCUT2D eigenvalue weighted by Gasteiger charge is 2.26. The van der Waals surface area contributed by atoms with Crippen molar-refractivity contribution in [2.45, 2.75) is 32.9 Å². The lowest BCUT2D eigenvalue weighted by Gasteiger charge is -2.18. The van der Waals surface area contributed by atoms with Gasteiger partial charge < -0.3 is 10.5 Å². The molecule has 2 aromatic rings. The number of likely N-dealkylation sites (tertiary alicyclic amines) is 1. The van der Waals surface area contributed by atoms with Crippen LogP contribution in [0.15, 0.2) is 30.3 Å². The molecule has 0 saturated carbocycles. The zero-order valence-electron chi connectivity index (χ0n) is 14.0. The van der Waals surface area contributed by atoms with E-state index in [1.807, 2.05) is 19.9 Å². The molecule has 1 aliphatic heterocycles. The predicted molar refractivity (Wildman–Crippen MR) is 98.1 cm³/mol. The van der Waals surface area contributed by atoms with Crippen LogP contribution in [0.4, 0.5) is 0 Å². The van der Waals surface area contributed by atoms with Crippen molar-refractivity contribution in [3.63, 3.8) is 0 Å². The summed E-state index contributed by atoms with van der Waals surface area (Å²) in [6, 6.07) is 10.5. The zero-order chi connectivity index (χ0) is 17.1. The number of thiocarbonyl (C=S) groups is 1. The maximum absolute atomic E-state index is 6.09. The van der Waals surface area contributed by atoms with E-state index in [9.17, 15) is 0 Å². The minimum absolute atomic E-state index is 0.0817. The molecule has 1 aromatic heterocycles. The molecule has 0 radical (unpaired) electrons. The molecule has 0 spiro atoms. The number of aryl methyl sites for hydroxylation is 1. The van der Waals surface area contributed by atoms with Gasteiger partial charge in [0, 0.05) is 19.6 Å². The number of rotatable bonds is 5. The molecule has 6 heteroatoms. The molecular weight excluding hydrogens is 320 g/mol. The largest absolute Gasteiger partial charge is 0.471 e. The van der Waals surface area contributed by atoms with Gasteiger partial charge in [0.1, 0.15) is 11.1 Å². The average Bonchev–Trinajstić information content (AvgIpc) is 2.99. The molecule has 0 bridgehead atoms. The summed E-state index contributed by atoms with van der Waals surface area (Å²) in [7, 11) is 0. The molecule has 1 aliphatic rings. The smallest absolute Gasteiger partial charge is 0.244 e. The zero-order valence-corrected chi connectivity index (χ0v) is 14.8. The Hall–Kier alpha value is -2.05. The molecule has 1 aromatic carbocycles. The van der Waals surface area contributed by atoms with Gasteiger partial charge in [0.05, 0.1) is 11.3 Å². The van der Waals surface area contributed by atoms with Crippen molar-refractivity contribution in [1.82, 2.24) is 15.1 Å². The first-order valence-electron chi connectivity index (χ1n) is 8.11. The number of benzene rings is 1. The number of nitrogens with zero attached hydrogens (tertiary/aromatic N) is 3. The Morgan fingerprint density at radius 1 is 1.29 bits per heavy atom. The number of aromatic nitrogens is 2. The summed E-state index contributed by atoms with van der Waals surface area (Å²) in [6.07, 6.45) is 1.04. The molecule has 1 unspecified atom stereocenters. The van der Waals surface area contributed by atoms with Crippen LogP contribution in [0, 0.1) is 13.8 Å². The van der Waals surface area contributed by atoms with Gasteiger partial charge in [-0.2, -0.15) is 5.10 Å². The summed E-state index contributed by atoms with van der Waals surface area (Å²) in [5.74, 6) is 0.456. The summed E-state index contributed by atoms with van der Waals surface area (Å²) < 4.78 is 6.09. The Kier molecular flexibility index (Phi) is 5.06. The van der Waals surface area contributed by atoms with E-state index < -0.39 is 0 Å². The topological polar surface area (TPSA) is 64.3 Å². The van der Waals surface area contributed by atoms with Gasteiger partial charge in [0.2, 0.25) is 5.88 Å². The fourth-order valence-electron chi connectivity index (χ4n) is 3.00. The standard InChI is InChI=1S/C18H22N4OS/c1-12-13(2)20-21-18(16(12)17(19)24)23-15-8-9-22(11-15)10-14-6-4-3-5-7-14/h3-7,15H,8-11H2,1-2H3,(H2,19,24). The van der Waals surface area contributed by atoms with Crippen molar-refractivity contribution in [3.8, 4) is 5.88 Å². The Morgan fingerprint density at radius 3 is 2.75 bits per heavy atom. The van der Waals surface area contributed by atoms with E-state index in [0.717, 1.165) is 37.3 Å². The summed E-state index contributed by atoms with van der Waals surface area (Å²) in [5, 5.41) is 8.32. The van der Waals surface area contributed by atoms with Crippen LogP contribution < -0.4 is 10.5 Å². The first-order valence-corrected chi connectivity index (χ1v) is 8.52. The van der Waals surface area contributed by atoms with E-state index in [4.69, 9.17) is 22.7 Å². The van der Waals surface area contributed by atoms with E-state index in [1.54, 1.807) is 0 Å². The van der Waals surface area contributed by atoms with Crippen LogP contribution in [0.2, 0.25) is 0 Å². The molecular formula is C18H22N4OS. The van der Waals surface area contributed by atoms with Crippen molar-refractivity contribution >= 4 is 17.2 Å². The number of hydrogen-bond acceptors (Lipinski definition) is 5. The van der Waals surface area contributed by atoms with Crippen molar-refractivity contribution in [2.75, 3.05) is 13.1 Å². The van der Waals surface area contributed by atoms with Crippen LogP contribution in [0.25, 0.3) is 0 Å². The minimum atomic E-state index is 0.0817. The highest BCUT2D eigenvalue weighted by Crippen LogP contribution is 2.24.